The fraction of sp³-hybridized carbons (Fsp3) is 0.214. The highest BCUT2D eigenvalue weighted by molar-refractivity contribution is 6.04. The van der Waals surface area contributed by atoms with Crippen LogP contribution in [0, 0.1) is 0 Å². The predicted molar refractivity (Wildman–Crippen MR) is 70.5 cm³/mol. The molecule has 4 nitrogen and oxygen atoms in total. The summed E-state index contributed by atoms with van der Waals surface area (Å²) in [4.78, 5) is 20.0. The number of amides is 1. The van der Waals surface area contributed by atoms with Crippen LogP contribution in [0.5, 0.6) is 0 Å². The van der Waals surface area contributed by atoms with Gasteiger partial charge in [-0.15, -0.1) is 0 Å². The van der Waals surface area contributed by atoms with Crippen molar-refractivity contribution < 1.29 is 4.79 Å². The monoisotopic (exact) mass is 241 g/mol. The first-order chi connectivity index (χ1) is 8.66. The van der Waals surface area contributed by atoms with Crippen LogP contribution in [0.2, 0.25) is 0 Å². The van der Waals surface area contributed by atoms with Crippen molar-refractivity contribution in [2.24, 2.45) is 0 Å². The van der Waals surface area contributed by atoms with Crippen LogP contribution >= 0.6 is 0 Å². The van der Waals surface area contributed by atoms with Crippen LogP contribution in [-0.2, 0) is 0 Å². The van der Waals surface area contributed by atoms with Crippen molar-refractivity contribution in [1.82, 2.24) is 9.97 Å². The van der Waals surface area contributed by atoms with Gasteiger partial charge in [0, 0.05) is 30.5 Å². The largest absolute Gasteiger partial charge is 0.322 e. The molecule has 0 aliphatic heterocycles. The smallest absolute Gasteiger partial charge is 0.257 e. The summed E-state index contributed by atoms with van der Waals surface area (Å²) >= 11 is 0. The van der Waals surface area contributed by atoms with E-state index in [1.807, 2.05) is 6.07 Å². The molecule has 92 valence electrons. The van der Waals surface area contributed by atoms with Crippen molar-refractivity contribution in [1.29, 1.82) is 0 Å². The van der Waals surface area contributed by atoms with Crippen molar-refractivity contribution in [2.45, 2.75) is 19.8 Å². The number of rotatable bonds is 3. The number of anilines is 1. The fourth-order valence-electron chi connectivity index (χ4n) is 1.54. The van der Waals surface area contributed by atoms with Crippen LogP contribution < -0.4 is 5.32 Å². The third-order valence-electron chi connectivity index (χ3n) is 2.63. The van der Waals surface area contributed by atoms with Crippen LogP contribution in [0.4, 0.5) is 5.69 Å². The first-order valence-corrected chi connectivity index (χ1v) is 5.83. The Hall–Kier alpha value is -2.23. The maximum Gasteiger partial charge on any atom is 0.257 e. The normalized spacial score (nSPS) is 10.4. The number of hydrogen-bond donors (Lipinski definition) is 1. The highest BCUT2D eigenvalue weighted by atomic mass is 16.1. The number of pyridine rings is 2. The fourth-order valence-corrected chi connectivity index (χ4v) is 1.54. The van der Waals surface area contributed by atoms with Gasteiger partial charge in [-0.3, -0.25) is 14.8 Å². The third-order valence-corrected chi connectivity index (χ3v) is 2.63. The summed E-state index contributed by atoms with van der Waals surface area (Å²) in [6.07, 6.45) is 6.63. The highest BCUT2D eigenvalue weighted by Crippen LogP contribution is 2.15. The summed E-state index contributed by atoms with van der Waals surface area (Å²) in [5.41, 5.74) is 2.35. The van der Waals surface area contributed by atoms with Gasteiger partial charge in [0.15, 0.2) is 0 Å². The third kappa shape index (κ3) is 2.91. The second-order valence-corrected chi connectivity index (χ2v) is 4.35. The minimum Gasteiger partial charge on any atom is -0.322 e. The van der Waals surface area contributed by atoms with Crippen molar-refractivity contribution in [3.05, 3.63) is 54.1 Å². The average Bonchev–Trinajstić information content (AvgIpc) is 2.40. The molecule has 0 atom stereocenters. The molecule has 0 bridgehead atoms. The van der Waals surface area contributed by atoms with Gasteiger partial charge in [0.05, 0.1) is 5.56 Å². The van der Waals surface area contributed by atoms with Gasteiger partial charge in [-0.2, -0.15) is 0 Å². The summed E-state index contributed by atoms with van der Waals surface area (Å²) < 4.78 is 0. The first-order valence-electron chi connectivity index (χ1n) is 5.83. The van der Waals surface area contributed by atoms with E-state index in [-0.39, 0.29) is 5.91 Å². The summed E-state index contributed by atoms with van der Waals surface area (Å²) in [5, 5.41) is 2.81. The molecule has 0 aromatic carbocycles. The molecule has 2 heterocycles. The minimum atomic E-state index is -0.156. The summed E-state index contributed by atoms with van der Waals surface area (Å²) in [6.45, 7) is 4.14. The molecule has 2 rings (SSSR count). The minimum absolute atomic E-state index is 0.156. The van der Waals surface area contributed by atoms with Gasteiger partial charge in [0.1, 0.15) is 0 Å². The second-order valence-electron chi connectivity index (χ2n) is 4.35. The Kier molecular flexibility index (Phi) is 3.67. The van der Waals surface area contributed by atoms with Gasteiger partial charge in [-0.1, -0.05) is 13.8 Å². The number of carbonyl (C=O) groups excluding carboxylic acids is 1. The van der Waals surface area contributed by atoms with Gasteiger partial charge in [0.25, 0.3) is 5.91 Å². The SMILES string of the molecule is CC(C)c1cncc(C(=O)Nc2ccncc2)c1. The molecule has 1 N–H and O–H groups in total. The molecule has 0 unspecified atom stereocenters. The van der Waals surface area contributed by atoms with Crippen molar-refractivity contribution in [3.63, 3.8) is 0 Å². The molecule has 0 fully saturated rings. The predicted octanol–water partition coefficient (Wildman–Crippen LogP) is 2.85. The molecular weight excluding hydrogens is 226 g/mol. The van der Waals surface area contributed by atoms with E-state index in [1.165, 1.54) is 0 Å². The van der Waals surface area contributed by atoms with E-state index in [2.05, 4.69) is 29.1 Å². The van der Waals surface area contributed by atoms with Crippen molar-refractivity contribution >= 4 is 11.6 Å². The Labute approximate surface area is 106 Å². The van der Waals surface area contributed by atoms with E-state index in [0.29, 0.717) is 11.5 Å². The molecule has 1 amide bonds. The zero-order chi connectivity index (χ0) is 13.0. The molecule has 0 spiro atoms. The number of carbonyl (C=O) groups is 1. The standard InChI is InChI=1S/C14H15N3O/c1-10(2)11-7-12(9-16-8-11)14(18)17-13-3-5-15-6-4-13/h3-10H,1-2H3,(H,15,17,18). The van der Waals surface area contributed by atoms with E-state index in [9.17, 15) is 4.79 Å². The van der Waals surface area contributed by atoms with Gasteiger partial charge < -0.3 is 5.32 Å². The van der Waals surface area contributed by atoms with Crippen LogP contribution in [0.1, 0.15) is 35.7 Å². The molecule has 2 aromatic rings. The lowest BCUT2D eigenvalue weighted by Gasteiger charge is -2.08. The number of nitrogens with one attached hydrogen (secondary N) is 1. The van der Waals surface area contributed by atoms with Crippen molar-refractivity contribution in [3.8, 4) is 0 Å². The van der Waals surface area contributed by atoms with E-state index < -0.39 is 0 Å². The topological polar surface area (TPSA) is 54.9 Å². The first kappa shape index (κ1) is 12.2. The summed E-state index contributed by atoms with van der Waals surface area (Å²) in [5.74, 6) is 0.197. The van der Waals surface area contributed by atoms with E-state index in [0.717, 1.165) is 11.3 Å². The zero-order valence-electron chi connectivity index (χ0n) is 10.4. The summed E-state index contributed by atoms with van der Waals surface area (Å²) in [6, 6.07) is 5.36. The lowest BCUT2D eigenvalue weighted by Crippen LogP contribution is -2.12. The Morgan fingerprint density at radius 1 is 1.17 bits per heavy atom. The quantitative estimate of drug-likeness (QED) is 0.899. The van der Waals surface area contributed by atoms with Gasteiger partial charge >= 0.3 is 0 Å². The van der Waals surface area contributed by atoms with E-state index in [4.69, 9.17) is 0 Å². The second kappa shape index (κ2) is 5.40. The Balaban J connectivity index is 2.16. The molecule has 0 saturated carbocycles. The number of hydrogen-bond acceptors (Lipinski definition) is 3. The molecule has 0 aliphatic rings. The average molecular weight is 241 g/mol. The number of aromatic nitrogens is 2. The maximum atomic E-state index is 12.0. The molecule has 4 heteroatoms. The van der Waals surface area contributed by atoms with Crippen LogP contribution in [0.3, 0.4) is 0 Å². The van der Waals surface area contributed by atoms with Crippen LogP contribution in [0.25, 0.3) is 0 Å². The van der Waals surface area contributed by atoms with E-state index >= 15 is 0 Å². The van der Waals surface area contributed by atoms with Gasteiger partial charge in [-0.25, -0.2) is 0 Å². The Bertz CT molecular complexity index is 538. The lowest BCUT2D eigenvalue weighted by atomic mass is 10.0. The molecule has 0 saturated heterocycles. The Morgan fingerprint density at radius 2 is 1.89 bits per heavy atom. The molecule has 0 aliphatic carbocycles. The summed E-state index contributed by atoms with van der Waals surface area (Å²) in [7, 11) is 0. The van der Waals surface area contributed by atoms with E-state index in [1.54, 1.807) is 36.9 Å². The van der Waals surface area contributed by atoms with Crippen LogP contribution in [0.15, 0.2) is 43.0 Å². The lowest BCUT2D eigenvalue weighted by molar-refractivity contribution is 0.102. The van der Waals surface area contributed by atoms with Crippen molar-refractivity contribution in [2.75, 3.05) is 5.32 Å². The zero-order valence-corrected chi connectivity index (χ0v) is 10.4. The molecule has 2 aromatic heterocycles. The number of nitrogens with zero attached hydrogens (tertiary/aromatic N) is 2. The molecule has 18 heavy (non-hydrogen) atoms. The maximum absolute atomic E-state index is 12.0. The highest BCUT2D eigenvalue weighted by Gasteiger charge is 2.08. The van der Waals surface area contributed by atoms with Gasteiger partial charge in [0.2, 0.25) is 0 Å². The molecule has 0 radical (unpaired) electrons. The van der Waals surface area contributed by atoms with Gasteiger partial charge in [-0.05, 0) is 29.7 Å². The van der Waals surface area contributed by atoms with Crippen LogP contribution in [-0.4, -0.2) is 15.9 Å². The Morgan fingerprint density at radius 3 is 2.56 bits per heavy atom. The molecular formula is C14H15N3O.